The van der Waals surface area contributed by atoms with E-state index in [4.69, 9.17) is 0 Å². The van der Waals surface area contributed by atoms with Gasteiger partial charge in [0.2, 0.25) is 5.91 Å². The van der Waals surface area contributed by atoms with E-state index in [1.807, 2.05) is 0 Å². The number of carbonyl (C=O) groups is 1. The predicted octanol–water partition coefficient (Wildman–Crippen LogP) is 0.738. The highest BCUT2D eigenvalue weighted by Gasteiger charge is 2.24. The summed E-state index contributed by atoms with van der Waals surface area (Å²) in [6.07, 6.45) is 1.21. The highest BCUT2D eigenvalue weighted by molar-refractivity contribution is 5.85. The van der Waals surface area contributed by atoms with Crippen molar-refractivity contribution in [1.29, 1.82) is 0 Å². The molecule has 154 valence electrons. The molecule has 1 atom stereocenters. The first-order valence-electron chi connectivity index (χ1n) is 9.33. The van der Waals surface area contributed by atoms with Crippen LogP contribution in [0, 0.1) is 12.7 Å². The number of hydrogen-bond donors (Lipinski definition) is 2. The first kappa shape index (κ1) is 22.2. The van der Waals surface area contributed by atoms with Crippen molar-refractivity contribution < 1.29 is 9.18 Å². The summed E-state index contributed by atoms with van der Waals surface area (Å²) < 4.78 is 15.0. The molecule has 0 bridgehead atoms. The summed E-state index contributed by atoms with van der Waals surface area (Å²) in [5.74, 6) is 0.0680. The SMILES string of the molecule is Cc1nnnn1C(Cc1cccc(F)c1)C(=O)NCCCN1CCNCC1.Cl. The lowest BCUT2D eigenvalue weighted by atomic mass is 10.0. The number of nitrogens with one attached hydrogen (secondary N) is 2. The number of benzene rings is 1. The lowest BCUT2D eigenvalue weighted by Crippen LogP contribution is -2.44. The van der Waals surface area contributed by atoms with Crippen LogP contribution in [0.2, 0.25) is 0 Å². The fourth-order valence-electron chi connectivity index (χ4n) is 3.27. The van der Waals surface area contributed by atoms with E-state index in [1.54, 1.807) is 19.1 Å². The number of hydrogen-bond acceptors (Lipinski definition) is 6. The first-order chi connectivity index (χ1) is 13.1. The third-order valence-electron chi connectivity index (χ3n) is 4.73. The van der Waals surface area contributed by atoms with Crippen molar-refractivity contribution in [3.63, 3.8) is 0 Å². The maximum atomic E-state index is 13.5. The van der Waals surface area contributed by atoms with Crippen LogP contribution < -0.4 is 10.6 Å². The Morgan fingerprint density at radius 1 is 1.36 bits per heavy atom. The van der Waals surface area contributed by atoms with Gasteiger partial charge in [0, 0.05) is 39.1 Å². The third kappa shape index (κ3) is 6.22. The number of piperazine rings is 1. The highest BCUT2D eigenvalue weighted by atomic mass is 35.5. The van der Waals surface area contributed by atoms with Gasteiger partial charge < -0.3 is 15.5 Å². The van der Waals surface area contributed by atoms with Crippen molar-refractivity contribution in [2.45, 2.75) is 25.8 Å². The first-order valence-corrected chi connectivity index (χ1v) is 9.33. The van der Waals surface area contributed by atoms with Crippen molar-refractivity contribution in [1.82, 2.24) is 35.7 Å². The Morgan fingerprint density at radius 3 is 2.82 bits per heavy atom. The predicted molar refractivity (Wildman–Crippen MR) is 106 cm³/mol. The van der Waals surface area contributed by atoms with Gasteiger partial charge in [-0.3, -0.25) is 4.79 Å². The lowest BCUT2D eigenvalue weighted by Gasteiger charge is -2.27. The van der Waals surface area contributed by atoms with E-state index in [0.29, 0.717) is 18.8 Å². The van der Waals surface area contributed by atoms with E-state index >= 15 is 0 Å². The van der Waals surface area contributed by atoms with Crippen LogP contribution in [0.3, 0.4) is 0 Å². The lowest BCUT2D eigenvalue weighted by molar-refractivity contribution is -0.124. The van der Waals surface area contributed by atoms with Gasteiger partial charge in [0.1, 0.15) is 17.7 Å². The van der Waals surface area contributed by atoms with E-state index in [-0.39, 0.29) is 24.1 Å². The van der Waals surface area contributed by atoms with Crippen LogP contribution in [0.1, 0.15) is 23.9 Å². The smallest absolute Gasteiger partial charge is 0.245 e. The minimum atomic E-state index is -0.610. The van der Waals surface area contributed by atoms with Crippen molar-refractivity contribution in [3.05, 3.63) is 41.5 Å². The molecule has 1 aliphatic heterocycles. The maximum absolute atomic E-state index is 13.5. The molecule has 0 radical (unpaired) electrons. The summed E-state index contributed by atoms with van der Waals surface area (Å²) >= 11 is 0. The van der Waals surface area contributed by atoms with Crippen molar-refractivity contribution >= 4 is 18.3 Å². The molecule has 8 nitrogen and oxygen atoms in total. The Bertz CT molecular complexity index is 751. The molecule has 0 saturated carbocycles. The van der Waals surface area contributed by atoms with Gasteiger partial charge >= 0.3 is 0 Å². The molecule has 2 aromatic rings. The largest absolute Gasteiger partial charge is 0.354 e. The Balaban J connectivity index is 0.00000280. The van der Waals surface area contributed by atoms with E-state index < -0.39 is 6.04 Å². The Hall–Kier alpha value is -2.10. The Kier molecular flexibility index (Phi) is 8.75. The number of tetrazole rings is 1. The zero-order valence-electron chi connectivity index (χ0n) is 16.0. The molecule has 3 rings (SSSR count). The molecular formula is C18H27ClFN7O. The van der Waals surface area contributed by atoms with Crippen LogP contribution in [0.25, 0.3) is 0 Å². The minimum Gasteiger partial charge on any atom is -0.354 e. The summed E-state index contributed by atoms with van der Waals surface area (Å²) in [4.78, 5) is 15.2. The molecule has 1 amide bonds. The van der Waals surface area contributed by atoms with E-state index in [0.717, 1.165) is 44.7 Å². The molecular weight excluding hydrogens is 385 g/mol. The van der Waals surface area contributed by atoms with Crippen molar-refractivity contribution in [2.24, 2.45) is 0 Å². The van der Waals surface area contributed by atoms with Gasteiger partial charge in [-0.1, -0.05) is 12.1 Å². The van der Waals surface area contributed by atoms with Crippen LogP contribution in [-0.4, -0.2) is 70.3 Å². The zero-order chi connectivity index (χ0) is 19.1. The van der Waals surface area contributed by atoms with Gasteiger partial charge in [-0.15, -0.1) is 17.5 Å². The standard InChI is InChI=1S/C18H26FN7O.ClH/c1-14-22-23-24-26(14)17(13-15-4-2-5-16(19)12-15)18(27)21-6-3-9-25-10-7-20-8-11-25;/h2,4-5,12,17,20H,3,6-11,13H2,1H3,(H,21,27);1H. The Labute approximate surface area is 170 Å². The number of halogens is 2. The molecule has 1 unspecified atom stereocenters. The van der Waals surface area contributed by atoms with Crippen molar-refractivity contribution in [3.8, 4) is 0 Å². The summed E-state index contributed by atoms with van der Waals surface area (Å²) in [6, 6.07) is 5.65. The third-order valence-corrected chi connectivity index (χ3v) is 4.73. The van der Waals surface area contributed by atoms with Gasteiger partial charge in [-0.2, -0.15) is 0 Å². The second kappa shape index (κ2) is 11.0. The maximum Gasteiger partial charge on any atom is 0.245 e. The average molecular weight is 412 g/mol. The normalized spacial score (nSPS) is 15.6. The monoisotopic (exact) mass is 411 g/mol. The van der Waals surface area contributed by atoms with Gasteiger partial charge in [0.25, 0.3) is 0 Å². The molecule has 10 heteroatoms. The number of aryl methyl sites for hydroxylation is 1. The molecule has 1 aliphatic rings. The number of nitrogens with zero attached hydrogens (tertiary/aromatic N) is 5. The Morgan fingerprint density at radius 2 is 2.14 bits per heavy atom. The van der Waals surface area contributed by atoms with Gasteiger partial charge in [0.05, 0.1) is 0 Å². The van der Waals surface area contributed by atoms with Crippen LogP contribution in [0.15, 0.2) is 24.3 Å². The molecule has 1 fully saturated rings. The molecule has 1 aromatic heterocycles. The summed E-state index contributed by atoms with van der Waals surface area (Å²) in [6.45, 7) is 7.40. The second-order valence-corrected chi connectivity index (χ2v) is 6.76. The van der Waals surface area contributed by atoms with E-state index in [2.05, 4.69) is 31.1 Å². The zero-order valence-corrected chi connectivity index (χ0v) is 16.8. The van der Waals surface area contributed by atoms with Gasteiger partial charge in [-0.25, -0.2) is 9.07 Å². The van der Waals surface area contributed by atoms with Crippen LogP contribution in [0.5, 0.6) is 0 Å². The van der Waals surface area contributed by atoms with Crippen LogP contribution >= 0.6 is 12.4 Å². The molecule has 2 heterocycles. The number of aromatic nitrogens is 4. The second-order valence-electron chi connectivity index (χ2n) is 6.76. The van der Waals surface area contributed by atoms with E-state index in [1.165, 1.54) is 16.8 Å². The minimum absolute atomic E-state index is 0. The molecule has 1 aromatic carbocycles. The molecule has 0 spiro atoms. The number of amides is 1. The fraction of sp³-hybridized carbons (Fsp3) is 0.556. The molecule has 28 heavy (non-hydrogen) atoms. The number of rotatable bonds is 8. The quantitative estimate of drug-likeness (QED) is 0.623. The van der Waals surface area contributed by atoms with Gasteiger partial charge in [0.15, 0.2) is 0 Å². The summed E-state index contributed by atoms with van der Waals surface area (Å²) in [5, 5.41) is 17.8. The van der Waals surface area contributed by atoms with Crippen LogP contribution in [0.4, 0.5) is 4.39 Å². The molecule has 0 aliphatic carbocycles. The summed E-state index contributed by atoms with van der Waals surface area (Å²) in [5.41, 5.74) is 0.728. The van der Waals surface area contributed by atoms with Crippen LogP contribution in [-0.2, 0) is 11.2 Å². The number of carbonyl (C=O) groups excluding carboxylic acids is 1. The average Bonchev–Trinajstić information content (AvgIpc) is 3.10. The molecule has 2 N–H and O–H groups in total. The van der Waals surface area contributed by atoms with Gasteiger partial charge in [-0.05, 0) is 48.0 Å². The molecule has 1 saturated heterocycles. The highest BCUT2D eigenvalue weighted by Crippen LogP contribution is 2.16. The topological polar surface area (TPSA) is 88.0 Å². The van der Waals surface area contributed by atoms with E-state index in [9.17, 15) is 9.18 Å². The fourth-order valence-corrected chi connectivity index (χ4v) is 3.27. The van der Waals surface area contributed by atoms with Crippen molar-refractivity contribution in [2.75, 3.05) is 39.3 Å². The summed E-state index contributed by atoms with van der Waals surface area (Å²) in [7, 11) is 0.